The zero-order chi connectivity index (χ0) is 9.84. The Kier molecular flexibility index (Phi) is 3.31. The fourth-order valence-electron chi connectivity index (χ4n) is 1.07. The molecular weight excluding hydrogens is 174 g/mol. The summed E-state index contributed by atoms with van der Waals surface area (Å²) in [6.45, 7) is 1.83. The minimum atomic E-state index is -2.47. The number of nitrogens with zero attached hydrogens (tertiary/aromatic N) is 1. The molecule has 72 valence electrons. The van der Waals surface area contributed by atoms with Crippen molar-refractivity contribution in [1.29, 1.82) is 0 Å². The maximum absolute atomic E-state index is 12.1. The second-order valence-corrected chi connectivity index (χ2v) is 3.00. The van der Waals surface area contributed by atoms with Crippen LogP contribution in [0.4, 0.5) is 8.78 Å². The summed E-state index contributed by atoms with van der Waals surface area (Å²) in [5.41, 5.74) is 6.98. The highest BCUT2D eigenvalue weighted by Crippen LogP contribution is 2.10. The largest absolute Gasteiger partial charge is 0.323 e. The molecule has 0 aliphatic rings. The Morgan fingerprint density at radius 1 is 1.54 bits per heavy atom. The van der Waals surface area contributed by atoms with Gasteiger partial charge in [-0.15, -0.1) is 0 Å². The monoisotopic (exact) mass is 186 g/mol. The van der Waals surface area contributed by atoms with Gasteiger partial charge in [0, 0.05) is 12.4 Å². The molecule has 0 radical (unpaired) electrons. The van der Waals surface area contributed by atoms with Crippen molar-refractivity contribution in [3.63, 3.8) is 0 Å². The molecule has 13 heavy (non-hydrogen) atoms. The van der Waals surface area contributed by atoms with Crippen LogP contribution in [0.15, 0.2) is 18.5 Å². The number of rotatable bonds is 3. The van der Waals surface area contributed by atoms with Crippen molar-refractivity contribution in [2.75, 3.05) is 0 Å². The molecule has 1 unspecified atom stereocenters. The molecule has 0 aliphatic carbocycles. The van der Waals surface area contributed by atoms with E-state index >= 15 is 0 Å². The lowest BCUT2D eigenvalue weighted by molar-refractivity contribution is 0.116. The van der Waals surface area contributed by atoms with Crippen LogP contribution in [-0.2, 0) is 6.42 Å². The first-order valence-electron chi connectivity index (χ1n) is 4.04. The second-order valence-electron chi connectivity index (χ2n) is 3.00. The van der Waals surface area contributed by atoms with Crippen molar-refractivity contribution in [2.24, 2.45) is 5.73 Å². The smallest absolute Gasteiger partial charge is 0.253 e. The van der Waals surface area contributed by atoms with Crippen LogP contribution < -0.4 is 5.73 Å². The molecule has 1 aromatic heterocycles. The van der Waals surface area contributed by atoms with E-state index < -0.39 is 12.5 Å². The molecule has 1 atom stereocenters. The summed E-state index contributed by atoms with van der Waals surface area (Å²) in [4.78, 5) is 3.87. The van der Waals surface area contributed by atoms with Gasteiger partial charge in [-0.05, 0) is 30.5 Å². The van der Waals surface area contributed by atoms with E-state index in [1.165, 1.54) is 0 Å². The van der Waals surface area contributed by atoms with E-state index in [1.54, 1.807) is 18.5 Å². The van der Waals surface area contributed by atoms with Gasteiger partial charge in [-0.25, -0.2) is 8.78 Å². The number of aromatic nitrogens is 1. The van der Waals surface area contributed by atoms with Crippen LogP contribution in [0.1, 0.15) is 11.1 Å². The second kappa shape index (κ2) is 4.28. The van der Waals surface area contributed by atoms with Gasteiger partial charge in [-0.3, -0.25) is 4.98 Å². The van der Waals surface area contributed by atoms with E-state index in [1.807, 2.05) is 6.92 Å². The number of nitrogens with two attached hydrogens (primary N) is 1. The lowest BCUT2D eigenvalue weighted by Gasteiger charge is -2.11. The third kappa shape index (κ3) is 2.73. The summed E-state index contributed by atoms with van der Waals surface area (Å²) in [5.74, 6) is 0. The molecule has 0 aromatic carbocycles. The van der Waals surface area contributed by atoms with E-state index in [0.29, 0.717) is 0 Å². The van der Waals surface area contributed by atoms with Crippen molar-refractivity contribution < 1.29 is 8.78 Å². The Labute approximate surface area is 75.8 Å². The Morgan fingerprint density at radius 2 is 2.23 bits per heavy atom. The van der Waals surface area contributed by atoms with Gasteiger partial charge in [0.05, 0.1) is 6.04 Å². The molecule has 2 N–H and O–H groups in total. The van der Waals surface area contributed by atoms with Crippen molar-refractivity contribution in [1.82, 2.24) is 4.98 Å². The summed E-state index contributed by atoms with van der Waals surface area (Å²) in [6, 6.07) is 0.637. The van der Waals surface area contributed by atoms with Crippen LogP contribution in [0.3, 0.4) is 0 Å². The fraction of sp³-hybridized carbons (Fsp3) is 0.444. The van der Waals surface area contributed by atoms with Crippen molar-refractivity contribution >= 4 is 0 Å². The number of pyridine rings is 1. The van der Waals surface area contributed by atoms with Gasteiger partial charge in [-0.1, -0.05) is 0 Å². The molecule has 0 aliphatic heterocycles. The van der Waals surface area contributed by atoms with Gasteiger partial charge < -0.3 is 5.73 Å². The minimum Gasteiger partial charge on any atom is -0.323 e. The zero-order valence-corrected chi connectivity index (χ0v) is 7.37. The van der Waals surface area contributed by atoms with Crippen LogP contribution in [0, 0.1) is 6.92 Å². The number of hydrogen-bond donors (Lipinski definition) is 1. The third-order valence-corrected chi connectivity index (χ3v) is 1.92. The molecule has 0 spiro atoms. The normalized spacial score (nSPS) is 13.3. The first-order chi connectivity index (χ1) is 6.11. The number of halogens is 2. The van der Waals surface area contributed by atoms with Crippen molar-refractivity contribution in [3.8, 4) is 0 Å². The van der Waals surface area contributed by atoms with Gasteiger partial charge in [0.15, 0.2) is 0 Å². The lowest BCUT2D eigenvalue weighted by Crippen LogP contribution is -2.31. The first kappa shape index (κ1) is 10.1. The number of alkyl halides is 2. The molecular formula is C9H12F2N2. The maximum atomic E-state index is 12.1. The molecule has 0 bridgehead atoms. The Hall–Kier alpha value is -1.03. The van der Waals surface area contributed by atoms with Crippen LogP contribution in [-0.4, -0.2) is 17.5 Å². The summed E-state index contributed by atoms with van der Waals surface area (Å²) >= 11 is 0. The van der Waals surface area contributed by atoms with Crippen LogP contribution >= 0.6 is 0 Å². The van der Waals surface area contributed by atoms with Crippen LogP contribution in [0.2, 0.25) is 0 Å². The molecule has 0 saturated carbocycles. The maximum Gasteiger partial charge on any atom is 0.253 e. The van der Waals surface area contributed by atoms with E-state index in [-0.39, 0.29) is 6.42 Å². The van der Waals surface area contributed by atoms with Crippen molar-refractivity contribution in [3.05, 3.63) is 29.6 Å². The molecule has 2 nitrogen and oxygen atoms in total. The van der Waals surface area contributed by atoms with Gasteiger partial charge in [0.2, 0.25) is 0 Å². The van der Waals surface area contributed by atoms with Gasteiger partial charge in [0.1, 0.15) is 0 Å². The van der Waals surface area contributed by atoms with Crippen LogP contribution in [0.5, 0.6) is 0 Å². The van der Waals surface area contributed by atoms with Gasteiger partial charge >= 0.3 is 0 Å². The molecule has 0 saturated heterocycles. The van der Waals surface area contributed by atoms with E-state index in [0.717, 1.165) is 11.1 Å². The van der Waals surface area contributed by atoms with Gasteiger partial charge in [0.25, 0.3) is 6.43 Å². The highest BCUT2D eigenvalue weighted by atomic mass is 19.3. The van der Waals surface area contributed by atoms with E-state index in [9.17, 15) is 8.78 Å². The number of hydrogen-bond acceptors (Lipinski definition) is 2. The summed E-state index contributed by atoms with van der Waals surface area (Å²) in [6.07, 6.45) is 0.965. The zero-order valence-electron chi connectivity index (χ0n) is 7.37. The Bertz CT molecular complexity index is 276. The molecule has 1 aromatic rings. The molecule has 4 heteroatoms. The summed E-state index contributed by atoms with van der Waals surface area (Å²) in [5, 5.41) is 0. The van der Waals surface area contributed by atoms with E-state index in [4.69, 9.17) is 5.73 Å². The van der Waals surface area contributed by atoms with Crippen molar-refractivity contribution in [2.45, 2.75) is 25.8 Å². The molecule has 1 rings (SSSR count). The highest BCUT2D eigenvalue weighted by Gasteiger charge is 2.16. The van der Waals surface area contributed by atoms with Crippen LogP contribution in [0.25, 0.3) is 0 Å². The minimum absolute atomic E-state index is 0.200. The average molecular weight is 186 g/mol. The SMILES string of the molecule is Cc1cnccc1CC(N)C(F)F. The highest BCUT2D eigenvalue weighted by molar-refractivity contribution is 5.22. The predicted octanol–water partition coefficient (Wildman–Crippen LogP) is 1.52. The first-order valence-corrected chi connectivity index (χ1v) is 4.04. The Balaban J connectivity index is 2.69. The molecule has 0 fully saturated rings. The lowest BCUT2D eigenvalue weighted by atomic mass is 10.0. The Morgan fingerprint density at radius 3 is 2.77 bits per heavy atom. The summed E-state index contributed by atoms with van der Waals surface area (Å²) < 4.78 is 24.2. The predicted molar refractivity (Wildman–Crippen MR) is 46.7 cm³/mol. The quantitative estimate of drug-likeness (QED) is 0.777. The van der Waals surface area contributed by atoms with Gasteiger partial charge in [-0.2, -0.15) is 0 Å². The fourth-order valence-corrected chi connectivity index (χ4v) is 1.07. The summed E-state index contributed by atoms with van der Waals surface area (Å²) in [7, 11) is 0. The topological polar surface area (TPSA) is 38.9 Å². The average Bonchev–Trinajstić information content (AvgIpc) is 2.08. The number of aryl methyl sites for hydroxylation is 1. The van der Waals surface area contributed by atoms with E-state index in [2.05, 4.69) is 4.98 Å². The standard InChI is InChI=1S/C9H12F2N2/c1-6-5-13-3-2-7(6)4-8(12)9(10)11/h2-3,5,8-9H,4,12H2,1H3. The molecule has 1 heterocycles. The molecule has 0 amide bonds. The third-order valence-electron chi connectivity index (χ3n) is 1.92.